The molecule has 0 aromatic heterocycles. The lowest BCUT2D eigenvalue weighted by Gasteiger charge is -2.11. The van der Waals surface area contributed by atoms with Gasteiger partial charge in [-0.15, -0.1) is 0 Å². The molecule has 2 atom stereocenters. The first-order chi connectivity index (χ1) is 17.4. The maximum atomic E-state index is 12.2. The molecule has 0 saturated heterocycles. The van der Waals surface area contributed by atoms with E-state index in [1.165, 1.54) is 0 Å². The average Bonchev–Trinajstić information content (AvgIpc) is 2.97. The summed E-state index contributed by atoms with van der Waals surface area (Å²) in [6, 6.07) is 31.2. The van der Waals surface area contributed by atoms with Gasteiger partial charge in [0.15, 0.2) is 11.6 Å². The van der Waals surface area contributed by atoms with Crippen LogP contribution in [0.2, 0.25) is 0 Å². The van der Waals surface area contributed by atoms with E-state index in [1.54, 1.807) is 111 Å². The molecule has 0 fully saturated rings. The zero-order valence-corrected chi connectivity index (χ0v) is 20.1. The second kappa shape index (κ2) is 13.0. The van der Waals surface area contributed by atoms with Gasteiger partial charge in [0.1, 0.15) is 23.7 Å². The van der Waals surface area contributed by atoms with Gasteiger partial charge in [-0.3, -0.25) is 9.59 Å². The Labute approximate surface area is 210 Å². The first-order valence-corrected chi connectivity index (χ1v) is 11.3. The number of hydrogen-bond acceptors (Lipinski definition) is 6. The van der Waals surface area contributed by atoms with E-state index in [-0.39, 0.29) is 11.6 Å². The number of hydrogen-bond donors (Lipinski definition) is 2. The minimum atomic E-state index is -1.19. The van der Waals surface area contributed by atoms with Crippen LogP contribution in [0, 0.1) is 0 Å². The van der Waals surface area contributed by atoms with Gasteiger partial charge in [-0.2, -0.15) is 0 Å². The standard InChI is InChI=1S/C16H16O4.C14H12O2/c1-19-13-7-3-11(4-8-13)15(17)16(18)12-5-9-14(20-2)10-6-12;15-13(11-7-3-1-4-8-11)14(16)12-9-5-2-6-10-12/h3-10,15,17H,1-2H3;1-10,13,15H. The molecular formula is C30H28O6. The number of ether oxygens (including phenoxy) is 2. The van der Waals surface area contributed by atoms with Crippen LogP contribution in [-0.2, 0) is 0 Å². The van der Waals surface area contributed by atoms with Crippen LogP contribution in [-0.4, -0.2) is 36.0 Å². The number of aliphatic hydroxyl groups excluding tert-OH is 2. The SMILES string of the molecule is COc1ccc(C(=O)C(O)c2ccc(OC)cc2)cc1.O=C(c1ccccc1)C(O)c1ccccc1. The molecule has 2 N–H and O–H groups in total. The topological polar surface area (TPSA) is 93.1 Å². The van der Waals surface area contributed by atoms with Crippen molar-refractivity contribution >= 4 is 11.6 Å². The van der Waals surface area contributed by atoms with Crippen LogP contribution in [0.3, 0.4) is 0 Å². The summed E-state index contributed by atoms with van der Waals surface area (Å²) in [4.78, 5) is 24.1. The molecular weight excluding hydrogens is 456 g/mol. The maximum absolute atomic E-state index is 12.2. The van der Waals surface area contributed by atoms with E-state index in [0.29, 0.717) is 33.8 Å². The predicted octanol–water partition coefficient (Wildman–Crippen LogP) is 5.22. The minimum absolute atomic E-state index is 0.271. The smallest absolute Gasteiger partial charge is 0.195 e. The highest BCUT2D eigenvalue weighted by atomic mass is 16.5. The number of ketones is 2. The van der Waals surface area contributed by atoms with Crippen molar-refractivity contribution in [2.24, 2.45) is 0 Å². The third kappa shape index (κ3) is 6.88. The Hall–Kier alpha value is -4.26. The van der Waals surface area contributed by atoms with Crippen LogP contribution in [0.25, 0.3) is 0 Å². The first kappa shape index (κ1) is 26.3. The third-order valence-electron chi connectivity index (χ3n) is 5.48. The summed E-state index contributed by atoms with van der Waals surface area (Å²) in [5, 5.41) is 20.0. The molecule has 0 saturated carbocycles. The van der Waals surface area contributed by atoms with Crippen molar-refractivity contribution in [2.45, 2.75) is 12.2 Å². The summed E-state index contributed by atoms with van der Waals surface area (Å²) in [5.41, 5.74) is 2.12. The van der Waals surface area contributed by atoms with E-state index in [1.807, 2.05) is 12.1 Å². The van der Waals surface area contributed by atoms with Crippen molar-refractivity contribution in [3.05, 3.63) is 131 Å². The third-order valence-corrected chi connectivity index (χ3v) is 5.48. The largest absolute Gasteiger partial charge is 0.497 e. The van der Waals surface area contributed by atoms with E-state index < -0.39 is 12.2 Å². The highest BCUT2D eigenvalue weighted by Crippen LogP contribution is 2.22. The normalized spacial score (nSPS) is 11.9. The minimum Gasteiger partial charge on any atom is -0.497 e. The van der Waals surface area contributed by atoms with Crippen LogP contribution in [0.15, 0.2) is 109 Å². The van der Waals surface area contributed by atoms with Gasteiger partial charge in [0, 0.05) is 11.1 Å². The quantitative estimate of drug-likeness (QED) is 0.333. The zero-order chi connectivity index (χ0) is 25.9. The van der Waals surface area contributed by atoms with Crippen molar-refractivity contribution in [3.8, 4) is 11.5 Å². The molecule has 0 amide bonds. The maximum Gasteiger partial charge on any atom is 0.195 e. The van der Waals surface area contributed by atoms with Crippen molar-refractivity contribution < 1.29 is 29.3 Å². The van der Waals surface area contributed by atoms with Crippen LogP contribution in [0.5, 0.6) is 11.5 Å². The Morgan fingerprint density at radius 3 is 1.33 bits per heavy atom. The highest BCUT2D eigenvalue weighted by molar-refractivity contribution is 6.00. The summed E-state index contributed by atoms with van der Waals surface area (Å²) >= 11 is 0. The fourth-order valence-corrected chi connectivity index (χ4v) is 3.40. The van der Waals surface area contributed by atoms with Crippen LogP contribution >= 0.6 is 0 Å². The fraction of sp³-hybridized carbons (Fsp3) is 0.133. The molecule has 0 spiro atoms. The van der Waals surface area contributed by atoms with Gasteiger partial charge in [-0.05, 0) is 47.5 Å². The lowest BCUT2D eigenvalue weighted by molar-refractivity contribution is 0.0743. The summed E-state index contributed by atoms with van der Waals surface area (Å²) < 4.78 is 10.1. The number of rotatable bonds is 8. The van der Waals surface area contributed by atoms with Gasteiger partial charge in [-0.1, -0.05) is 72.8 Å². The fourth-order valence-electron chi connectivity index (χ4n) is 3.40. The molecule has 4 rings (SSSR count). The van der Waals surface area contributed by atoms with Crippen molar-refractivity contribution in [1.29, 1.82) is 0 Å². The lowest BCUT2D eigenvalue weighted by atomic mass is 10.00. The Balaban J connectivity index is 0.000000205. The molecule has 0 aliphatic rings. The Morgan fingerprint density at radius 1 is 0.528 bits per heavy atom. The van der Waals surface area contributed by atoms with E-state index in [4.69, 9.17) is 9.47 Å². The molecule has 184 valence electrons. The molecule has 0 aliphatic heterocycles. The monoisotopic (exact) mass is 484 g/mol. The average molecular weight is 485 g/mol. The van der Waals surface area contributed by atoms with Crippen molar-refractivity contribution in [3.63, 3.8) is 0 Å². The van der Waals surface area contributed by atoms with E-state index in [9.17, 15) is 19.8 Å². The molecule has 0 bridgehead atoms. The Morgan fingerprint density at radius 2 is 0.889 bits per heavy atom. The van der Waals surface area contributed by atoms with E-state index >= 15 is 0 Å². The molecule has 6 nitrogen and oxygen atoms in total. The van der Waals surface area contributed by atoms with Crippen molar-refractivity contribution in [1.82, 2.24) is 0 Å². The Bertz CT molecular complexity index is 1240. The summed E-state index contributed by atoms with van der Waals surface area (Å²) in [6.07, 6.45) is -2.27. The van der Waals surface area contributed by atoms with Gasteiger partial charge < -0.3 is 19.7 Å². The van der Waals surface area contributed by atoms with Gasteiger partial charge in [-0.25, -0.2) is 0 Å². The molecule has 0 radical (unpaired) electrons. The van der Waals surface area contributed by atoms with Crippen LogP contribution in [0.4, 0.5) is 0 Å². The van der Waals surface area contributed by atoms with Crippen LogP contribution < -0.4 is 9.47 Å². The first-order valence-electron chi connectivity index (χ1n) is 11.3. The second-order valence-electron chi connectivity index (χ2n) is 7.81. The summed E-state index contributed by atoms with van der Waals surface area (Å²) in [7, 11) is 3.12. The van der Waals surface area contributed by atoms with Gasteiger partial charge >= 0.3 is 0 Å². The Kier molecular flexibility index (Phi) is 9.51. The lowest BCUT2D eigenvalue weighted by Crippen LogP contribution is -2.12. The molecule has 36 heavy (non-hydrogen) atoms. The highest BCUT2D eigenvalue weighted by Gasteiger charge is 2.19. The number of carbonyl (C=O) groups is 2. The zero-order valence-electron chi connectivity index (χ0n) is 20.1. The van der Waals surface area contributed by atoms with Gasteiger partial charge in [0.05, 0.1) is 14.2 Å². The molecule has 2 unspecified atom stereocenters. The van der Waals surface area contributed by atoms with Crippen LogP contribution in [0.1, 0.15) is 44.1 Å². The van der Waals surface area contributed by atoms with E-state index in [2.05, 4.69) is 0 Å². The van der Waals surface area contributed by atoms with Gasteiger partial charge in [0.25, 0.3) is 0 Å². The second-order valence-corrected chi connectivity index (χ2v) is 7.81. The molecule has 4 aromatic carbocycles. The molecule has 0 heterocycles. The molecule has 0 aliphatic carbocycles. The predicted molar refractivity (Wildman–Crippen MR) is 137 cm³/mol. The number of Topliss-reactive ketones (excluding diaryl/α,β-unsaturated/α-hetero) is 2. The number of benzene rings is 4. The summed E-state index contributed by atoms with van der Waals surface area (Å²) in [5.74, 6) is 0.725. The summed E-state index contributed by atoms with van der Waals surface area (Å²) in [6.45, 7) is 0. The number of methoxy groups -OCH3 is 2. The molecule has 6 heteroatoms. The van der Waals surface area contributed by atoms with Gasteiger partial charge in [0.2, 0.25) is 0 Å². The number of aliphatic hydroxyl groups is 2. The van der Waals surface area contributed by atoms with Crippen molar-refractivity contribution in [2.75, 3.05) is 14.2 Å². The van der Waals surface area contributed by atoms with E-state index in [0.717, 1.165) is 0 Å². The number of carbonyl (C=O) groups excluding carboxylic acids is 2. The molecule has 4 aromatic rings.